The van der Waals surface area contributed by atoms with Crippen LogP contribution in [-0.4, -0.2) is 43.4 Å². The maximum atomic E-state index is 5.80. The molecule has 2 rings (SSSR count). The number of anilines is 1. The van der Waals surface area contributed by atoms with Crippen molar-refractivity contribution in [3.05, 3.63) is 10.6 Å². The predicted octanol–water partition coefficient (Wildman–Crippen LogP) is 2.40. The molecule has 120 valence electrons. The van der Waals surface area contributed by atoms with Gasteiger partial charge >= 0.3 is 0 Å². The Bertz CT molecular complexity index is 440. The first-order valence-electron chi connectivity index (χ1n) is 7.61. The summed E-state index contributed by atoms with van der Waals surface area (Å²) in [6, 6.07) is 0.467. The van der Waals surface area contributed by atoms with Crippen molar-refractivity contribution in [3.8, 4) is 0 Å². The molecular formula is C15H27N3O2S. The molecule has 1 N–H and O–H groups in total. The van der Waals surface area contributed by atoms with Crippen molar-refractivity contribution in [2.45, 2.75) is 59.1 Å². The minimum atomic E-state index is 0.251. The summed E-state index contributed by atoms with van der Waals surface area (Å²) in [6.07, 6.45) is 0.501. The van der Waals surface area contributed by atoms with E-state index in [1.54, 1.807) is 18.4 Å². The van der Waals surface area contributed by atoms with Gasteiger partial charge in [0.15, 0.2) is 5.13 Å². The average molecular weight is 313 g/mol. The van der Waals surface area contributed by atoms with Crippen LogP contribution in [0.25, 0.3) is 0 Å². The Kier molecular flexibility index (Phi) is 5.98. The van der Waals surface area contributed by atoms with E-state index >= 15 is 0 Å². The van der Waals surface area contributed by atoms with Gasteiger partial charge in [0.2, 0.25) is 0 Å². The quantitative estimate of drug-likeness (QED) is 0.874. The molecular weight excluding hydrogens is 286 g/mol. The predicted molar refractivity (Wildman–Crippen MR) is 87.0 cm³/mol. The Morgan fingerprint density at radius 3 is 2.62 bits per heavy atom. The molecule has 0 unspecified atom stereocenters. The van der Waals surface area contributed by atoms with Gasteiger partial charge in [0.05, 0.1) is 24.5 Å². The third-order valence-corrected chi connectivity index (χ3v) is 4.57. The first-order chi connectivity index (χ1) is 9.99. The van der Waals surface area contributed by atoms with Crippen LogP contribution in [0, 0.1) is 0 Å². The normalized spacial score (nSPS) is 23.0. The summed E-state index contributed by atoms with van der Waals surface area (Å²) in [5.74, 6) is 0. The first-order valence-corrected chi connectivity index (χ1v) is 8.42. The van der Waals surface area contributed by atoms with E-state index in [-0.39, 0.29) is 12.2 Å². The van der Waals surface area contributed by atoms with Gasteiger partial charge in [-0.2, -0.15) is 0 Å². The molecule has 21 heavy (non-hydrogen) atoms. The number of rotatable bonds is 6. The summed E-state index contributed by atoms with van der Waals surface area (Å²) in [7, 11) is 1.72. The highest BCUT2D eigenvalue weighted by Gasteiger charge is 2.25. The van der Waals surface area contributed by atoms with Gasteiger partial charge in [0, 0.05) is 37.7 Å². The summed E-state index contributed by atoms with van der Waals surface area (Å²) in [5.41, 5.74) is 1.05. The van der Waals surface area contributed by atoms with Gasteiger partial charge in [-0.1, -0.05) is 13.8 Å². The number of nitrogens with zero attached hydrogens (tertiary/aromatic N) is 2. The van der Waals surface area contributed by atoms with Crippen LogP contribution in [-0.2, 0) is 22.6 Å². The fraction of sp³-hybridized carbons (Fsp3) is 0.800. The fourth-order valence-electron chi connectivity index (χ4n) is 2.52. The molecule has 1 saturated heterocycles. The molecule has 0 spiro atoms. The molecule has 0 saturated carbocycles. The molecule has 2 heterocycles. The van der Waals surface area contributed by atoms with E-state index in [0.29, 0.717) is 12.6 Å². The van der Waals surface area contributed by atoms with Crippen molar-refractivity contribution in [1.29, 1.82) is 0 Å². The molecule has 1 aromatic heterocycles. The highest BCUT2D eigenvalue weighted by Crippen LogP contribution is 2.29. The van der Waals surface area contributed by atoms with E-state index < -0.39 is 0 Å². The smallest absolute Gasteiger partial charge is 0.186 e. The number of hydrogen-bond acceptors (Lipinski definition) is 6. The molecule has 5 nitrogen and oxygen atoms in total. The van der Waals surface area contributed by atoms with E-state index in [1.165, 1.54) is 4.88 Å². The Labute approximate surface area is 131 Å². The highest BCUT2D eigenvalue weighted by molar-refractivity contribution is 7.15. The molecule has 0 radical (unpaired) electrons. The fourth-order valence-corrected chi connectivity index (χ4v) is 3.56. The van der Waals surface area contributed by atoms with Gasteiger partial charge in [0.25, 0.3) is 0 Å². The Morgan fingerprint density at radius 2 is 2.05 bits per heavy atom. The average Bonchev–Trinajstić information content (AvgIpc) is 2.79. The lowest BCUT2D eigenvalue weighted by atomic mass is 10.2. The van der Waals surface area contributed by atoms with Crippen molar-refractivity contribution in [2.75, 3.05) is 25.1 Å². The van der Waals surface area contributed by atoms with E-state index in [0.717, 1.165) is 30.5 Å². The van der Waals surface area contributed by atoms with E-state index in [4.69, 9.17) is 14.5 Å². The van der Waals surface area contributed by atoms with Gasteiger partial charge in [-0.3, -0.25) is 0 Å². The van der Waals surface area contributed by atoms with Crippen LogP contribution < -0.4 is 10.2 Å². The summed E-state index contributed by atoms with van der Waals surface area (Å²) >= 11 is 1.77. The maximum Gasteiger partial charge on any atom is 0.186 e. The van der Waals surface area contributed by atoms with Crippen LogP contribution in [0.2, 0.25) is 0 Å². The molecule has 1 aliphatic heterocycles. The lowest BCUT2D eigenvalue weighted by molar-refractivity contribution is -0.00524. The minimum Gasteiger partial charge on any atom is -0.378 e. The second-order valence-electron chi connectivity index (χ2n) is 6.00. The number of morpholine rings is 1. The van der Waals surface area contributed by atoms with Crippen LogP contribution in [0.4, 0.5) is 5.13 Å². The van der Waals surface area contributed by atoms with Crippen LogP contribution in [0.3, 0.4) is 0 Å². The summed E-state index contributed by atoms with van der Waals surface area (Å²) in [4.78, 5) is 8.40. The second kappa shape index (κ2) is 7.54. The standard InChI is InChI=1S/C15H27N3O2S/c1-10(2)16-6-14-13(9-19-5)17-15(21-14)18-7-11(3)20-12(4)8-18/h10-12,16H,6-9H2,1-5H3/t11-,12+. The largest absolute Gasteiger partial charge is 0.378 e. The first kappa shape index (κ1) is 16.7. The molecule has 0 bridgehead atoms. The zero-order valence-corrected chi connectivity index (χ0v) is 14.5. The lowest BCUT2D eigenvalue weighted by Crippen LogP contribution is -2.45. The van der Waals surface area contributed by atoms with E-state index in [1.807, 2.05) is 0 Å². The highest BCUT2D eigenvalue weighted by atomic mass is 32.1. The van der Waals surface area contributed by atoms with Crippen LogP contribution in [0.15, 0.2) is 0 Å². The summed E-state index contributed by atoms with van der Waals surface area (Å²) in [6.45, 7) is 11.8. The van der Waals surface area contributed by atoms with Crippen molar-refractivity contribution in [2.24, 2.45) is 0 Å². The summed E-state index contributed by atoms with van der Waals surface area (Å²) < 4.78 is 11.1. The van der Waals surface area contributed by atoms with Gasteiger partial charge in [0.1, 0.15) is 0 Å². The molecule has 0 amide bonds. The number of aromatic nitrogens is 1. The number of nitrogens with one attached hydrogen (secondary N) is 1. The summed E-state index contributed by atoms with van der Waals surface area (Å²) in [5, 5.41) is 4.55. The topological polar surface area (TPSA) is 46.6 Å². The van der Waals surface area contributed by atoms with Crippen molar-refractivity contribution < 1.29 is 9.47 Å². The van der Waals surface area contributed by atoms with Crippen LogP contribution >= 0.6 is 11.3 Å². The number of ether oxygens (including phenoxy) is 2. The minimum absolute atomic E-state index is 0.251. The van der Waals surface area contributed by atoms with Gasteiger partial charge in [-0.05, 0) is 13.8 Å². The maximum absolute atomic E-state index is 5.80. The molecule has 1 fully saturated rings. The Morgan fingerprint density at radius 1 is 1.38 bits per heavy atom. The SMILES string of the molecule is COCc1nc(N2C[C@@H](C)O[C@@H](C)C2)sc1CNC(C)C. The van der Waals surface area contributed by atoms with E-state index in [2.05, 4.69) is 37.9 Å². The Balaban J connectivity index is 2.13. The zero-order valence-electron chi connectivity index (χ0n) is 13.7. The van der Waals surface area contributed by atoms with Crippen LogP contribution in [0.5, 0.6) is 0 Å². The number of hydrogen-bond donors (Lipinski definition) is 1. The zero-order chi connectivity index (χ0) is 15.4. The molecule has 0 aliphatic carbocycles. The molecule has 0 aromatic carbocycles. The third-order valence-electron chi connectivity index (χ3n) is 3.41. The molecule has 6 heteroatoms. The van der Waals surface area contributed by atoms with Crippen LogP contribution in [0.1, 0.15) is 38.3 Å². The monoisotopic (exact) mass is 313 g/mol. The van der Waals surface area contributed by atoms with Crippen molar-refractivity contribution in [3.63, 3.8) is 0 Å². The van der Waals surface area contributed by atoms with E-state index in [9.17, 15) is 0 Å². The Hall–Kier alpha value is -0.690. The van der Waals surface area contributed by atoms with Crippen molar-refractivity contribution >= 4 is 16.5 Å². The molecule has 2 atom stereocenters. The van der Waals surface area contributed by atoms with Gasteiger partial charge < -0.3 is 19.7 Å². The van der Waals surface area contributed by atoms with Crippen molar-refractivity contribution in [1.82, 2.24) is 10.3 Å². The molecule has 1 aromatic rings. The number of thiazole rings is 1. The van der Waals surface area contributed by atoms with Gasteiger partial charge in [-0.15, -0.1) is 11.3 Å². The number of methoxy groups -OCH3 is 1. The lowest BCUT2D eigenvalue weighted by Gasteiger charge is -2.35. The molecule has 1 aliphatic rings. The second-order valence-corrected chi connectivity index (χ2v) is 7.06. The van der Waals surface area contributed by atoms with Gasteiger partial charge in [-0.25, -0.2) is 4.98 Å². The third kappa shape index (κ3) is 4.64.